The van der Waals surface area contributed by atoms with Gasteiger partial charge in [-0.05, 0) is 72.5 Å². The highest BCUT2D eigenvalue weighted by molar-refractivity contribution is 9.09. The minimum Gasteiger partial charge on any atom is -0.508 e. The van der Waals surface area contributed by atoms with Crippen molar-refractivity contribution in [3.05, 3.63) is 35.4 Å². The minimum atomic E-state index is -0.0691. The van der Waals surface area contributed by atoms with Crippen LogP contribution >= 0.6 is 15.9 Å². The topological polar surface area (TPSA) is 57.5 Å². The van der Waals surface area contributed by atoms with E-state index in [0.717, 1.165) is 25.7 Å². The van der Waals surface area contributed by atoms with Crippen LogP contribution in [0.5, 0.6) is 11.5 Å². The number of carbonyl (C=O) groups excluding carboxylic acids is 1. The van der Waals surface area contributed by atoms with E-state index in [9.17, 15) is 15.0 Å². The molecule has 2 N–H and O–H groups in total. The molecule has 2 saturated carbocycles. The molecule has 0 unspecified atom stereocenters. The second-order valence-electron chi connectivity index (χ2n) is 9.00. The Bertz CT molecular complexity index is 739. The monoisotopic (exact) mass is 420 g/mol. The van der Waals surface area contributed by atoms with E-state index in [-0.39, 0.29) is 33.8 Å². The Morgan fingerprint density at radius 3 is 2.58 bits per heavy atom. The van der Waals surface area contributed by atoms with Crippen LogP contribution in [0, 0.1) is 22.7 Å². The average Bonchev–Trinajstić information content (AvgIpc) is 2.57. The summed E-state index contributed by atoms with van der Waals surface area (Å²) in [5.74, 6) is 0.846. The molecule has 3 rings (SSSR count). The maximum atomic E-state index is 11.0. The maximum absolute atomic E-state index is 11.0. The van der Waals surface area contributed by atoms with Crippen molar-refractivity contribution in [1.29, 1.82) is 0 Å². The number of phenols is 2. The highest BCUT2D eigenvalue weighted by Gasteiger charge is 2.55. The van der Waals surface area contributed by atoms with E-state index in [1.165, 1.54) is 11.6 Å². The summed E-state index contributed by atoms with van der Waals surface area (Å²) in [6.07, 6.45) is 5.63. The fourth-order valence-corrected chi connectivity index (χ4v) is 6.18. The predicted molar refractivity (Wildman–Crippen MR) is 108 cm³/mol. The smallest absolute Gasteiger partial charge is 0.153 e. The molecule has 0 bridgehead atoms. The van der Waals surface area contributed by atoms with Crippen molar-refractivity contribution in [2.45, 2.75) is 57.7 Å². The van der Waals surface area contributed by atoms with Gasteiger partial charge in [0.05, 0.1) is 5.56 Å². The summed E-state index contributed by atoms with van der Waals surface area (Å²) in [6.45, 7) is 11.5. The quantitative estimate of drug-likeness (QED) is 0.288. The van der Waals surface area contributed by atoms with Gasteiger partial charge in [0.2, 0.25) is 0 Å². The zero-order valence-corrected chi connectivity index (χ0v) is 17.5. The van der Waals surface area contributed by atoms with Gasteiger partial charge in [-0.1, -0.05) is 48.9 Å². The van der Waals surface area contributed by atoms with Crippen molar-refractivity contribution in [3.8, 4) is 11.5 Å². The molecule has 3 nitrogen and oxygen atoms in total. The first-order valence-corrected chi connectivity index (χ1v) is 10.3. The standard InChI is InChI=1S/C22H29BrO3/c1-13-5-6-19-21(2,3)20(23)7-8-22(19,4)16(13)9-14-10-18(26)15(12-24)11-17(14)25/h10-12,16,19-20,25-26H,1,5-9H2,2-4H3/t16-,19-,20-,22+/m0/s1. The average molecular weight is 421 g/mol. The zero-order chi connectivity index (χ0) is 19.3. The van der Waals surface area contributed by atoms with Crippen molar-refractivity contribution in [2.75, 3.05) is 0 Å². The first kappa shape index (κ1) is 19.5. The molecule has 4 heteroatoms. The fourth-order valence-electron chi connectivity index (χ4n) is 5.63. The van der Waals surface area contributed by atoms with Gasteiger partial charge in [0.1, 0.15) is 11.5 Å². The SMILES string of the molecule is C=C1CC[C@H]2C(C)(C)[C@@H](Br)CC[C@]2(C)[C@H]1Cc1cc(O)c(C=O)cc1O. The van der Waals surface area contributed by atoms with Crippen LogP contribution in [0.15, 0.2) is 24.3 Å². The van der Waals surface area contributed by atoms with Crippen molar-refractivity contribution in [1.82, 2.24) is 0 Å². The van der Waals surface area contributed by atoms with Crippen molar-refractivity contribution < 1.29 is 15.0 Å². The molecule has 1 aromatic carbocycles. The number of alkyl halides is 1. The van der Waals surface area contributed by atoms with E-state index >= 15 is 0 Å². The van der Waals surface area contributed by atoms with Crippen LogP contribution in [0.4, 0.5) is 0 Å². The van der Waals surface area contributed by atoms with Crippen LogP contribution in [0.2, 0.25) is 0 Å². The van der Waals surface area contributed by atoms with Crippen LogP contribution in [0.1, 0.15) is 62.4 Å². The van der Waals surface area contributed by atoms with E-state index in [0.29, 0.717) is 29.0 Å². The van der Waals surface area contributed by atoms with E-state index < -0.39 is 0 Å². The third-order valence-electron chi connectivity index (χ3n) is 7.26. The van der Waals surface area contributed by atoms with Crippen LogP contribution in [0.3, 0.4) is 0 Å². The first-order chi connectivity index (χ1) is 12.1. The lowest BCUT2D eigenvalue weighted by Gasteiger charge is -2.59. The third-order valence-corrected chi connectivity index (χ3v) is 8.90. The van der Waals surface area contributed by atoms with Crippen LogP contribution in [-0.4, -0.2) is 21.3 Å². The number of aldehydes is 1. The summed E-state index contributed by atoms with van der Waals surface area (Å²) < 4.78 is 0. The molecule has 4 atom stereocenters. The summed E-state index contributed by atoms with van der Waals surface area (Å²) in [5, 5.41) is 20.4. The highest BCUT2D eigenvalue weighted by atomic mass is 79.9. The fraction of sp³-hybridized carbons (Fsp3) is 0.591. The number of phenolic OH excluding ortho intramolecular Hbond substituents is 2. The Balaban J connectivity index is 1.97. The van der Waals surface area contributed by atoms with Gasteiger partial charge < -0.3 is 10.2 Å². The normalized spacial score (nSPS) is 33.5. The van der Waals surface area contributed by atoms with Gasteiger partial charge in [-0.25, -0.2) is 0 Å². The van der Waals surface area contributed by atoms with Crippen LogP contribution in [0.25, 0.3) is 0 Å². The molecule has 0 spiro atoms. The number of allylic oxidation sites excluding steroid dienone is 1. The molecule has 0 heterocycles. The lowest BCUT2D eigenvalue weighted by Crippen LogP contribution is -2.53. The van der Waals surface area contributed by atoms with E-state index in [2.05, 4.69) is 43.3 Å². The molecule has 1 aromatic rings. The third kappa shape index (κ3) is 3.00. The number of hydrogen-bond acceptors (Lipinski definition) is 3. The molecular weight excluding hydrogens is 392 g/mol. The Morgan fingerprint density at radius 1 is 1.23 bits per heavy atom. The van der Waals surface area contributed by atoms with Gasteiger partial charge in [-0.2, -0.15) is 0 Å². The van der Waals surface area contributed by atoms with Crippen molar-refractivity contribution in [3.63, 3.8) is 0 Å². The van der Waals surface area contributed by atoms with Crippen molar-refractivity contribution in [2.24, 2.45) is 22.7 Å². The summed E-state index contributed by atoms with van der Waals surface area (Å²) in [5.41, 5.74) is 2.39. The molecule has 0 saturated heterocycles. The van der Waals surface area contributed by atoms with E-state index in [1.54, 1.807) is 6.07 Å². The zero-order valence-electron chi connectivity index (χ0n) is 15.9. The van der Waals surface area contributed by atoms with Crippen LogP contribution in [-0.2, 0) is 6.42 Å². The van der Waals surface area contributed by atoms with E-state index in [1.807, 2.05) is 0 Å². The van der Waals surface area contributed by atoms with Gasteiger partial charge in [-0.15, -0.1) is 0 Å². The molecule has 2 aliphatic rings. The lowest BCUT2D eigenvalue weighted by molar-refractivity contribution is -0.0461. The number of halogens is 1. The van der Waals surface area contributed by atoms with Crippen molar-refractivity contribution >= 4 is 22.2 Å². The molecule has 0 aromatic heterocycles. The summed E-state index contributed by atoms with van der Waals surface area (Å²) in [6, 6.07) is 2.91. The number of benzene rings is 1. The maximum Gasteiger partial charge on any atom is 0.153 e. The molecular formula is C22H29BrO3. The lowest BCUT2D eigenvalue weighted by atomic mass is 9.47. The predicted octanol–water partition coefficient (Wildman–Crippen LogP) is 5.63. The largest absolute Gasteiger partial charge is 0.508 e. The molecule has 2 aliphatic carbocycles. The van der Waals surface area contributed by atoms with E-state index in [4.69, 9.17) is 0 Å². The summed E-state index contributed by atoms with van der Waals surface area (Å²) >= 11 is 3.91. The molecule has 0 aliphatic heterocycles. The first-order valence-electron chi connectivity index (χ1n) is 9.43. The summed E-state index contributed by atoms with van der Waals surface area (Å²) in [7, 11) is 0. The Labute approximate surface area is 164 Å². The molecule has 0 radical (unpaired) electrons. The minimum absolute atomic E-state index is 0.0691. The number of rotatable bonds is 3. The second kappa shape index (κ2) is 6.70. The Kier molecular flexibility index (Phi) is 5.02. The summed E-state index contributed by atoms with van der Waals surface area (Å²) in [4.78, 5) is 11.5. The van der Waals surface area contributed by atoms with Gasteiger partial charge >= 0.3 is 0 Å². The number of carbonyl (C=O) groups is 1. The van der Waals surface area contributed by atoms with Gasteiger partial charge in [0, 0.05) is 4.83 Å². The molecule has 26 heavy (non-hydrogen) atoms. The van der Waals surface area contributed by atoms with Crippen LogP contribution < -0.4 is 0 Å². The van der Waals surface area contributed by atoms with Gasteiger partial charge in [-0.3, -0.25) is 4.79 Å². The molecule has 142 valence electrons. The highest BCUT2D eigenvalue weighted by Crippen LogP contribution is 2.62. The number of aromatic hydroxyl groups is 2. The Hall–Kier alpha value is -1.29. The van der Waals surface area contributed by atoms with Gasteiger partial charge in [0.25, 0.3) is 0 Å². The molecule has 2 fully saturated rings. The number of fused-ring (bicyclic) bond motifs is 1. The Morgan fingerprint density at radius 2 is 1.92 bits per heavy atom. The second-order valence-corrected chi connectivity index (χ2v) is 10.1. The van der Waals surface area contributed by atoms with Gasteiger partial charge in [0.15, 0.2) is 6.29 Å². The number of hydrogen-bond donors (Lipinski definition) is 2. The molecule has 0 amide bonds.